The van der Waals surface area contributed by atoms with Crippen molar-refractivity contribution in [2.24, 2.45) is 5.92 Å². The molecule has 0 bridgehead atoms. The first kappa shape index (κ1) is 15.0. The highest BCUT2D eigenvalue weighted by Crippen LogP contribution is 2.22. The van der Waals surface area contributed by atoms with Crippen molar-refractivity contribution in [2.45, 2.75) is 13.8 Å². The van der Waals surface area contributed by atoms with Crippen LogP contribution in [-0.4, -0.2) is 32.5 Å². The molecule has 0 unspecified atom stereocenters. The van der Waals surface area contributed by atoms with E-state index in [0.717, 1.165) is 0 Å². The van der Waals surface area contributed by atoms with Crippen LogP contribution in [0.5, 0.6) is 11.5 Å². The molecule has 0 saturated heterocycles. The van der Waals surface area contributed by atoms with Gasteiger partial charge in [0.2, 0.25) is 0 Å². The fourth-order valence-electron chi connectivity index (χ4n) is 1.39. The van der Waals surface area contributed by atoms with E-state index in [4.69, 9.17) is 9.47 Å². The predicted octanol–water partition coefficient (Wildman–Crippen LogP) is 1.66. The van der Waals surface area contributed by atoms with Gasteiger partial charge >= 0.3 is 0 Å². The Hall–Kier alpha value is -2.04. The summed E-state index contributed by atoms with van der Waals surface area (Å²) in [5.41, 5.74) is 0.357. The summed E-state index contributed by atoms with van der Waals surface area (Å²) in [5.74, 6) is 1.12. The van der Waals surface area contributed by atoms with Gasteiger partial charge in [0.1, 0.15) is 11.5 Å². The topological polar surface area (TPSA) is 64.6 Å². The van der Waals surface area contributed by atoms with Crippen molar-refractivity contribution in [1.82, 2.24) is 5.32 Å². The van der Waals surface area contributed by atoms with E-state index in [2.05, 4.69) is 5.32 Å². The molecule has 0 aliphatic rings. The highest BCUT2D eigenvalue weighted by molar-refractivity contribution is 5.81. The molecule has 0 saturated carbocycles. The van der Waals surface area contributed by atoms with Gasteiger partial charge in [-0.3, -0.25) is 9.59 Å². The molecule has 1 aromatic carbocycles. The summed E-state index contributed by atoms with van der Waals surface area (Å²) in [6, 6.07) is 4.85. The maximum absolute atomic E-state index is 11.5. The Morgan fingerprint density at radius 2 is 2.16 bits per heavy atom. The van der Waals surface area contributed by atoms with E-state index in [-0.39, 0.29) is 12.5 Å². The normalized spacial score (nSPS) is 10.1. The first-order chi connectivity index (χ1) is 9.06. The third kappa shape index (κ3) is 4.99. The van der Waals surface area contributed by atoms with E-state index in [9.17, 15) is 9.59 Å². The van der Waals surface area contributed by atoms with Gasteiger partial charge in [-0.25, -0.2) is 0 Å². The lowest BCUT2D eigenvalue weighted by Gasteiger charge is -2.11. The number of aldehydes is 1. The maximum Gasteiger partial charge on any atom is 0.257 e. The Balaban J connectivity index is 2.57. The van der Waals surface area contributed by atoms with Gasteiger partial charge in [-0.05, 0) is 24.1 Å². The van der Waals surface area contributed by atoms with E-state index in [0.29, 0.717) is 35.8 Å². The van der Waals surface area contributed by atoms with Gasteiger partial charge in [-0.2, -0.15) is 0 Å². The summed E-state index contributed by atoms with van der Waals surface area (Å²) >= 11 is 0. The van der Waals surface area contributed by atoms with Gasteiger partial charge in [0.15, 0.2) is 12.9 Å². The number of rotatable bonds is 7. The third-order valence-electron chi connectivity index (χ3n) is 2.41. The molecule has 0 radical (unpaired) electrons. The first-order valence-corrected chi connectivity index (χ1v) is 6.09. The fraction of sp³-hybridized carbons (Fsp3) is 0.429. The lowest BCUT2D eigenvalue weighted by Crippen LogP contribution is -2.31. The van der Waals surface area contributed by atoms with Crippen LogP contribution in [0.15, 0.2) is 18.2 Å². The van der Waals surface area contributed by atoms with E-state index in [1.807, 2.05) is 13.8 Å². The quantitative estimate of drug-likeness (QED) is 0.761. The predicted molar refractivity (Wildman–Crippen MR) is 71.7 cm³/mol. The van der Waals surface area contributed by atoms with Crippen molar-refractivity contribution >= 4 is 12.2 Å². The van der Waals surface area contributed by atoms with Crippen LogP contribution in [0.2, 0.25) is 0 Å². The number of carbonyl (C=O) groups excluding carboxylic acids is 2. The monoisotopic (exact) mass is 265 g/mol. The van der Waals surface area contributed by atoms with Crippen molar-refractivity contribution in [1.29, 1.82) is 0 Å². The SMILES string of the molecule is COc1ccc(OCC(=O)NCC(C)C)c(C=O)c1. The molecular weight excluding hydrogens is 246 g/mol. The summed E-state index contributed by atoms with van der Waals surface area (Å²) < 4.78 is 10.3. The zero-order valence-corrected chi connectivity index (χ0v) is 11.4. The molecule has 0 aromatic heterocycles. The van der Waals surface area contributed by atoms with Gasteiger partial charge < -0.3 is 14.8 Å². The zero-order valence-electron chi connectivity index (χ0n) is 11.4. The van der Waals surface area contributed by atoms with E-state index < -0.39 is 0 Å². The molecule has 1 rings (SSSR count). The second kappa shape index (κ2) is 7.41. The standard InChI is InChI=1S/C14H19NO4/c1-10(2)7-15-14(17)9-19-13-5-4-12(18-3)6-11(13)8-16/h4-6,8,10H,7,9H2,1-3H3,(H,15,17). The van der Waals surface area contributed by atoms with E-state index in [1.165, 1.54) is 7.11 Å². The number of amides is 1. The van der Waals surface area contributed by atoms with Gasteiger partial charge in [0.05, 0.1) is 12.7 Å². The van der Waals surface area contributed by atoms with Gasteiger partial charge in [-0.1, -0.05) is 13.8 Å². The molecule has 0 aliphatic carbocycles. The third-order valence-corrected chi connectivity index (χ3v) is 2.41. The van der Waals surface area contributed by atoms with Gasteiger partial charge in [0.25, 0.3) is 5.91 Å². The number of methoxy groups -OCH3 is 1. The Morgan fingerprint density at radius 3 is 2.74 bits per heavy atom. The molecule has 5 heteroatoms. The smallest absolute Gasteiger partial charge is 0.257 e. The fourth-order valence-corrected chi connectivity index (χ4v) is 1.39. The number of nitrogens with one attached hydrogen (secondary N) is 1. The molecule has 0 aliphatic heterocycles. The van der Waals surface area contributed by atoms with Crippen LogP contribution in [0.4, 0.5) is 0 Å². The van der Waals surface area contributed by atoms with Crippen LogP contribution >= 0.6 is 0 Å². The number of benzene rings is 1. The van der Waals surface area contributed by atoms with Crippen molar-refractivity contribution < 1.29 is 19.1 Å². The number of ether oxygens (including phenoxy) is 2. The molecule has 0 fully saturated rings. The molecule has 0 heterocycles. The second-order valence-electron chi connectivity index (χ2n) is 4.51. The van der Waals surface area contributed by atoms with Crippen LogP contribution < -0.4 is 14.8 Å². The number of hydrogen-bond donors (Lipinski definition) is 1. The van der Waals surface area contributed by atoms with Crippen LogP contribution in [0.25, 0.3) is 0 Å². The second-order valence-corrected chi connectivity index (χ2v) is 4.51. The summed E-state index contributed by atoms with van der Waals surface area (Å²) in [7, 11) is 1.52. The Morgan fingerprint density at radius 1 is 1.42 bits per heavy atom. The summed E-state index contributed by atoms with van der Waals surface area (Å²) in [5, 5.41) is 2.74. The minimum atomic E-state index is -0.207. The van der Waals surface area contributed by atoms with E-state index >= 15 is 0 Å². The molecular formula is C14H19NO4. The molecule has 1 amide bonds. The number of carbonyl (C=O) groups is 2. The molecule has 0 spiro atoms. The van der Waals surface area contributed by atoms with Crippen molar-refractivity contribution in [3.05, 3.63) is 23.8 Å². The molecule has 19 heavy (non-hydrogen) atoms. The van der Waals surface area contributed by atoms with Crippen LogP contribution in [0.1, 0.15) is 24.2 Å². The lowest BCUT2D eigenvalue weighted by molar-refractivity contribution is -0.123. The molecule has 0 atom stereocenters. The molecule has 1 aromatic rings. The Kier molecular flexibility index (Phi) is 5.85. The molecule has 104 valence electrons. The maximum atomic E-state index is 11.5. The van der Waals surface area contributed by atoms with Crippen LogP contribution in [0, 0.1) is 5.92 Å². The summed E-state index contributed by atoms with van der Waals surface area (Å²) in [6.07, 6.45) is 0.671. The largest absolute Gasteiger partial charge is 0.497 e. The highest BCUT2D eigenvalue weighted by atomic mass is 16.5. The van der Waals surface area contributed by atoms with Gasteiger partial charge in [0, 0.05) is 6.54 Å². The van der Waals surface area contributed by atoms with E-state index in [1.54, 1.807) is 18.2 Å². The van der Waals surface area contributed by atoms with Crippen molar-refractivity contribution in [3.63, 3.8) is 0 Å². The van der Waals surface area contributed by atoms with Crippen LogP contribution in [-0.2, 0) is 4.79 Å². The van der Waals surface area contributed by atoms with Gasteiger partial charge in [-0.15, -0.1) is 0 Å². The minimum absolute atomic E-state index is 0.111. The average Bonchev–Trinajstić information content (AvgIpc) is 2.42. The lowest BCUT2D eigenvalue weighted by atomic mass is 10.2. The Labute approximate surface area is 112 Å². The summed E-state index contributed by atoms with van der Waals surface area (Å²) in [6.45, 7) is 4.51. The summed E-state index contributed by atoms with van der Waals surface area (Å²) in [4.78, 5) is 22.4. The number of hydrogen-bond acceptors (Lipinski definition) is 4. The van der Waals surface area contributed by atoms with Crippen LogP contribution in [0.3, 0.4) is 0 Å². The zero-order chi connectivity index (χ0) is 14.3. The van der Waals surface area contributed by atoms with Crippen molar-refractivity contribution in [3.8, 4) is 11.5 Å². The molecule has 5 nitrogen and oxygen atoms in total. The average molecular weight is 265 g/mol. The highest BCUT2D eigenvalue weighted by Gasteiger charge is 2.08. The Bertz CT molecular complexity index is 443. The minimum Gasteiger partial charge on any atom is -0.497 e. The first-order valence-electron chi connectivity index (χ1n) is 6.09. The molecule has 1 N–H and O–H groups in total. The van der Waals surface area contributed by atoms with Crippen molar-refractivity contribution in [2.75, 3.05) is 20.3 Å².